The summed E-state index contributed by atoms with van der Waals surface area (Å²) >= 11 is 1.86. The molecule has 2 heteroatoms. The van der Waals surface area contributed by atoms with Gasteiger partial charge >= 0.3 is 0 Å². The Bertz CT molecular complexity index is 316. The second-order valence-electron chi connectivity index (χ2n) is 3.64. The van der Waals surface area contributed by atoms with Gasteiger partial charge in [-0.05, 0) is 18.6 Å². The summed E-state index contributed by atoms with van der Waals surface area (Å²) in [5.74, 6) is 0.218. The molecule has 0 aliphatic rings. The van der Waals surface area contributed by atoms with Crippen LogP contribution in [0.3, 0.4) is 0 Å². The largest absolute Gasteiger partial charge is 0.294 e. The third-order valence-corrected chi connectivity index (χ3v) is 3.69. The molecule has 1 aromatic rings. The summed E-state index contributed by atoms with van der Waals surface area (Å²) in [6.45, 7) is 6.30. The van der Waals surface area contributed by atoms with Crippen molar-refractivity contribution in [1.29, 1.82) is 0 Å². The highest BCUT2D eigenvalue weighted by Crippen LogP contribution is 2.25. The summed E-state index contributed by atoms with van der Waals surface area (Å²) in [5, 5.41) is 0.637. The van der Waals surface area contributed by atoms with Crippen LogP contribution < -0.4 is 0 Å². The van der Waals surface area contributed by atoms with Crippen LogP contribution in [0.1, 0.15) is 44.0 Å². The first-order chi connectivity index (χ1) is 7.17. The van der Waals surface area contributed by atoms with E-state index in [1.165, 1.54) is 11.3 Å². The van der Waals surface area contributed by atoms with E-state index in [4.69, 9.17) is 0 Å². The molecule has 1 rings (SSSR count). The topological polar surface area (TPSA) is 17.1 Å². The molecule has 0 bridgehead atoms. The molecule has 0 aliphatic heterocycles. The molecular formula is C13H18OS. The molecule has 0 amide bonds. The zero-order valence-electron chi connectivity index (χ0n) is 9.62. The van der Waals surface area contributed by atoms with E-state index in [1.807, 2.05) is 43.0 Å². The maximum absolute atomic E-state index is 11.4. The zero-order valence-corrected chi connectivity index (χ0v) is 10.4. The summed E-state index contributed by atoms with van der Waals surface area (Å²) in [7, 11) is 0. The number of hydrogen-bond acceptors (Lipinski definition) is 2. The molecule has 0 fully saturated rings. The first kappa shape index (κ1) is 12.3. The standard InChI is InChI=1S/C13H18OS/c1-4-10(3)15-12-8-6-11(7-9-12)13(14)5-2/h6-10H,4-5H2,1-3H3. The molecule has 0 aliphatic carbocycles. The van der Waals surface area contributed by atoms with E-state index >= 15 is 0 Å². The van der Waals surface area contributed by atoms with Crippen molar-refractivity contribution in [1.82, 2.24) is 0 Å². The van der Waals surface area contributed by atoms with Gasteiger partial charge in [0.2, 0.25) is 0 Å². The fourth-order valence-corrected chi connectivity index (χ4v) is 2.16. The molecule has 15 heavy (non-hydrogen) atoms. The van der Waals surface area contributed by atoms with Gasteiger partial charge < -0.3 is 0 Å². The minimum absolute atomic E-state index is 0.218. The Hall–Kier alpha value is -0.760. The predicted octanol–water partition coefficient (Wildman–Crippen LogP) is 4.17. The normalized spacial score (nSPS) is 12.5. The minimum atomic E-state index is 0.218. The van der Waals surface area contributed by atoms with Crippen LogP contribution in [0.5, 0.6) is 0 Å². The molecule has 1 unspecified atom stereocenters. The Morgan fingerprint density at radius 3 is 2.33 bits per heavy atom. The lowest BCUT2D eigenvalue weighted by atomic mass is 10.1. The molecule has 0 saturated heterocycles. The van der Waals surface area contributed by atoms with Gasteiger partial charge in [-0.15, -0.1) is 11.8 Å². The van der Waals surface area contributed by atoms with E-state index < -0.39 is 0 Å². The summed E-state index contributed by atoms with van der Waals surface area (Å²) in [5.41, 5.74) is 0.825. The number of carbonyl (C=O) groups excluding carboxylic acids is 1. The van der Waals surface area contributed by atoms with Gasteiger partial charge in [0.1, 0.15) is 0 Å². The number of rotatable bonds is 5. The van der Waals surface area contributed by atoms with E-state index in [-0.39, 0.29) is 5.78 Å². The third-order valence-electron chi connectivity index (χ3n) is 2.41. The first-order valence-electron chi connectivity index (χ1n) is 5.47. The van der Waals surface area contributed by atoms with E-state index in [1.54, 1.807) is 0 Å². The Morgan fingerprint density at radius 1 is 1.27 bits per heavy atom. The van der Waals surface area contributed by atoms with Gasteiger partial charge in [-0.25, -0.2) is 0 Å². The zero-order chi connectivity index (χ0) is 11.3. The highest BCUT2D eigenvalue weighted by atomic mass is 32.2. The van der Waals surface area contributed by atoms with Crippen molar-refractivity contribution in [2.24, 2.45) is 0 Å². The van der Waals surface area contributed by atoms with Gasteiger partial charge in [0.15, 0.2) is 5.78 Å². The maximum Gasteiger partial charge on any atom is 0.162 e. The monoisotopic (exact) mass is 222 g/mol. The molecule has 1 aromatic carbocycles. The number of hydrogen-bond donors (Lipinski definition) is 0. The Labute approximate surface area is 96.3 Å². The Kier molecular flexibility index (Phi) is 4.89. The lowest BCUT2D eigenvalue weighted by Gasteiger charge is -2.08. The molecule has 1 atom stereocenters. The minimum Gasteiger partial charge on any atom is -0.294 e. The number of carbonyl (C=O) groups is 1. The molecular weight excluding hydrogens is 204 g/mol. The highest BCUT2D eigenvalue weighted by molar-refractivity contribution is 7.99. The van der Waals surface area contributed by atoms with Crippen LogP contribution in [-0.2, 0) is 0 Å². The number of Topliss-reactive ketones (excluding diaryl/α,β-unsaturated/α-hetero) is 1. The lowest BCUT2D eigenvalue weighted by Crippen LogP contribution is -1.96. The second-order valence-corrected chi connectivity index (χ2v) is 5.15. The van der Waals surface area contributed by atoms with Crippen LogP contribution in [0.4, 0.5) is 0 Å². The molecule has 82 valence electrons. The van der Waals surface area contributed by atoms with Crippen molar-refractivity contribution in [2.75, 3.05) is 0 Å². The van der Waals surface area contributed by atoms with Gasteiger partial charge in [-0.1, -0.05) is 32.9 Å². The molecule has 0 N–H and O–H groups in total. The summed E-state index contributed by atoms with van der Waals surface area (Å²) in [4.78, 5) is 12.6. The molecule has 0 spiro atoms. The molecule has 0 radical (unpaired) electrons. The average Bonchev–Trinajstić information content (AvgIpc) is 2.29. The summed E-state index contributed by atoms with van der Waals surface area (Å²) in [6, 6.07) is 7.94. The van der Waals surface area contributed by atoms with Gasteiger partial charge in [-0.2, -0.15) is 0 Å². The molecule has 0 saturated carbocycles. The third kappa shape index (κ3) is 3.71. The van der Waals surface area contributed by atoms with Crippen molar-refractivity contribution < 1.29 is 4.79 Å². The van der Waals surface area contributed by atoms with Crippen LogP contribution in [0.2, 0.25) is 0 Å². The van der Waals surface area contributed by atoms with E-state index in [9.17, 15) is 4.79 Å². The predicted molar refractivity (Wildman–Crippen MR) is 66.7 cm³/mol. The number of thioether (sulfide) groups is 1. The highest BCUT2D eigenvalue weighted by Gasteiger charge is 2.04. The summed E-state index contributed by atoms with van der Waals surface area (Å²) in [6.07, 6.45) is 1.75. The fourth-order valence-electron chi connectivity index (χ4n) is 1.24. The van der Waals surface area contributed by atoms with Crippen molar-refractivity contribution in [3.05, 3.63) is 29.8 Å². The summed E-state index contributed by atoms with van der Waals surface area (Å²) < 4.78 is 0. The number of benzene rings is 1. The molecule has 0 aromatic heterocycles. The molecule has 0 heterocycles. The second kappa shape index (κ2) is 5.96. The van der Waals surface area contributed by atoms with Gasteiger partial charge in [-0.3, -0.25) is 4.79 Å². The van der Waals surface area contributed by atoms with Gasteiger partial charge in [0.25, 0.3) is 0 Å². The van der Waals surface area contributed by atoms with Crippen molar-refractivity contribution in [3.8, 4) is 0 Å². The SMILES string of the molecule is CCC(=O)c1ccc(SC(C)CC)cc1. The Balaban J connectivity index is 2.68. The van der Waals surface area contributed by atoms with Crippen LogP contribution in [0, 0.1) is 0 Å². The maximum atomic E-state index is 11.4. The van der Waals surface area contributed by atoms with Gasteiger partial charge in [0, 0.05) is 22.1 Å². The smallest absolute Gasteiger partial charge is 0.162 e. The van der Waals surface area contributed by atoms with Crippen LogP contribution in [0.25, 0.3) is 0 Å². The van der Waals surface area contributed by atoms with E-state index in [0.29, 0.717) is 11.7 Å². The van der Waals surface area contributed by atoms with Crippen LogP contribution in [-0.4, -0.2) is 11.0 Å². The Morgan fingerprint density at radius 2 is 1.87 bits per heavy atom. The number of ketones is 1. The average molecular weight is 222 g/mol. The van der Waals surface area contributed by atoms with Crippen LogP contribution >= 0.6 is 11.8 Å². The first-order valence-corrected chi connectivity index (χ1v) is 6.35. The van der Waals surface area contributed by atoms with E-state index in [0.717, 1.165) is 5.56 Å². The van der Waals surface area contributed by atoms with Crippen molar-refractivity contribution >= 4 is 17.5 Å². The molecule has 1 nitrogen and oxygen atoms in total. The van der Waals surface area contributed by atoms with Crippen LogP contribution in [0.15, 0.2) is 29.2 Å². The lowest BCUT2D eigenvalue weighted by molar-refractivity contribution is 0.0988. The van der Waals surface area contributed by atoms with E-state index in [2.05, 4.69) is 13.8 Å². The van der Waals surface area contributed by atoms with Crippen molar-refractivity contribution in [2.45, 2.75) is 43.8 Å². The fraction of sp³-hybridized carbons (Fsp3) is 0.462. The van der Waals surface area contributed by atoms with Crippen molar-refractivity contribution in [3.63, 3.8) is 0 Å². The van der Waals surface area contributed by atoms with Gasteiger partial charge in [0.05, 0.1) is 0 Å². The quantitative estimate of drug-likeness (QED) is 0.549.